The number of nitrogens with one attached hydrogen (secondary N) is 1. The molecule has 1 aromatic rings. The Bertz CT molecular complexity index is 535. The average Bonchev–Trinajstić information content (AvgIpc) is 2.64. The maximum Gasteiger partial charge on any atom is 0.305 e. The number of carbonyl (C=O) groups is 1. The van der Waals surface area contributed by atoms with E-state index in [1.165, 1.54) is 12.7 Å². The minimum atomic E-state index is -0.126. The number of unbranched alkanes of at least 4 members (excludes halogenated alkanes) is 3. The van der Waals surface area contributed by atoms with Gasteiger partial charge in [-0.2, -0.15) is 0 Å². The van der Waals surface area contributed by atoms with Crippen molar-refractivity contribution in [3.63, 3.8) is 0 Å². The number of nitrogens with zero attached hydrogens (tertiary/aromatic N) is 2. The van der Waals surface area contributed by atoms with E-state index in [-0.39, 0.29) is 29.9 Å². The van der Waals surface area contributed by atoms with Gasteiger partial charge < -0.3 is 19.7 Å². The van der Waals surface area contributed by atoms with Crippen LogP contribution in [0.25, 0.3) is 0 Å². The molecule has 0 fully saturated rings. The molecule has 0 saturated carbocycles. The van der Waals surface area contributed by atoms with Gasteiger partial charge >= 0.3 is 5.97 Å². The number of carbonyl (C=O) groups excluding carboxylic acids is 1. The summed E-state index contributed by atoms with van der Waals surface area (Å²) in [4.78, 5) is 17.5. The molecule has 26 heavy (non-hydrogen) atoms. The van der Waals surface area contributed by atoms with Crippen molar-refractivity contribution in [3.05, 3.63) is 29.8 Å². The van der Waals surface area contributed by atoms with Gasteiger partial charge in [0.1, 0.15) is 5.75 Å². The van der Waals surface area contributed by atoms with Crippen molar-refractivity contribution < 1.29 is 14.3 Å². The largest absolute Gasteiger partial charge is 0.497 e. The molecule has 0 heterocycles. The fraction of sp³-hybridized carbons (Fsp3) is 0.579. The second-order valence-corrected chi connectivity index (χ2v) is 5.92. The first-order valence-corrected chi connectivity index (χ1v) is 8.72. The molecule has 1 rings (SSSR count). The standard InChI is InChI=1S/C19H31N3O3.HI/c1-20-19(21-14-8-6-5-7-9-18(23)25-4)22(2)15-16-10-12-17(24-3)13-11-16;/h10-13H,5-9,14-15H2,1-4H3,(H,20,21);1H. The molecule has 0 atom stereocenters. The van der Waals surface area contributed by atoms with E-state index in [1.807, 2.05) is 19.2 Å². The number of methoxy groups -OCH3 is 2. The molecule has 0 aliphatic heterocycles. The Balaban J connectivity index is 0.00000625. The Morgan fingerprint density at radius 3 is 2.35 bits per heavy atom. The van der Waals surface area contributed by atoms with Crippen molar-refractivity contribution >= 4 is 35.9 Å². The SMILES string of the molecule is CN=C(NCCCCCCC(=O)OC)N(C)Cc1ccc(OC)cc1.I. The zero-order valence-electron chi connectivity index (χ0n) is 16.3. The number of hydrogen-bond acceptors (Lipinski definition) is 4. The summed E-state index contributed by atoms with van der Waals surface area (Å²) in [5.74, 6) is 1.62. The van der Waals surface area contributed by atoms with Gasteiger partial charge in [-0.25, -0.2) is 0 Å². The van der Waals surface area contributed by atoms with Crippen LogP contribution in [0, 0.1) is 0 Å². The van der Waals surface area contributed by atoms with Crippen molar-refractivity contribution in [2.24, 2.45) is 4.99 Å². The van der Waals surface area contributed by atoms with Crippen LogP contribution in [-0.2, 0) is 16.1 Å². The first-order valence-electron chi connectivity index (χ1n) is 8.72. The van der Waals surface area contributed by atoms with Gasteiger partial charge in [-0.15, -0.1) is 24.0 Å². The number of halogens is 1. The van der Waals surface area contributed by atoms with Crippen molar-refractivity contribution in [3.8, 4) is 5.75 Å². The van der Waals surface area contributed by atoms with Gasteiger partial charge in [0.05, 0.1) is 14.2 Å². The lowest BCUT2D eigenvalue weighted by Crippen LogP contribution is -2.38. The number of aliphatic imine (C=N–C) groups is 1. The van der Waals surface area contributed by atoms with E-state index in [4.69, 9.17) is 4.74 Å². The Morgan fingerprint density at radius 2 is 1.77 bits per heavy atom. The van der Waals surface area contributed by atoms with Gasteiger partial charge in [-0.1, -0.05) is 25.0 Å². The molecule has 0 bridgehead atoms. The molecule has 1 N–H and O–H groups in total. The topological polar surface area (TPSA) is 63.2 Å². The second kappa shape index (κ2) is 14.6. The van der Waals surface area contributed by atoms with Gasteiger partial charge in [-0.05, 0) is 30.5 Å². The van der Waals surface area contributed by atoms with Crippen LogP contribution in [0.2, 0.25) is 0 Å². The molecule has 0 aliphatic rings. The summed E-state index contributed by atoms with van der Waals surface area (Å²) < 4.78 is 9.81. The molecule has 6 nitrogen and oxygen atoms in total. The van der Waals surface area contributed by atoms with Crippen LogP contribution in [0.5, 0.6) is 5.75 Å². The highest BCUT2D eigenvalue weighted by molar-refractivity contribution is 14.0. The number of benzene rings is 1. The van der Waals surface area contributed by atoms with E-state index in [1.54, 1.807) is 14.2 Å². The van der Waals surface area contributed by atoms with Crippen molar-refractivity contribution in [2.75, 3.05) is 34.9 Å². The molecular formula is C19H32IN3O3. The summed E-state index contributed by atoms with van der Waals surface area (Å²) in [5.41, 5.74) is 1.20. The van der Waals surface area contributed by atoms with Gasteiger partial charge in [0, 0.05) is 33.6 Å². The summed E-state index contributed by atoms with van der Waals surface area (Å²) in [6.07, 6.45) is 4.58. The number of esters is 1. The normalized spacial score (nSPS) is 10.7. The highest BCUT2D eigenvalue weighted by Crippen LogP contribution is 2.12. The highest BCUT2D eigenvalue weighted by atomic mass is 127. The van der Waals surface area contributed by atoms with Gasteiger partial charge in [-0.3, -0.25) is 9.79 Å². The van der Waals surface area contributed by atoms with Crippen LogP contribution >= 0.6 is 24.0 Å². The summed E-state index contributed by atoms with van der Waals surface area (Å²) in [6.45, 7) is 1.65. The lowest BCUT2D eigenvalue weighted by atomic mass is 10.1. The molecule has 1 aromatic carbocycles. The molecule has 7 heteroatoms. The van der Waals surface area contributed by atoms with E-state index >= 15 is 0 Å². The lowest BCUT2D eigenvalue weighted by molar-refractivity contribution is -0.140. The number of ether oxygens (including phenoxy) is 2. The molecule has 0 radical (unpaired) electrons. The molecule has 148 valence electrons. The first-order chi connectivity index (χ1) is 12.1. The Morgan fingerprint density at radius 1 is 1.12 bits per heavy atom. The predicted octanol–water partition coefficient (Wildman–Crippen LogP) is 3.44. The van der Waals surface area contributed by atoms with Crippen LogP contribution < -0.4 is 10.1 Å². The highest BCUT2D eigenvalue weighted by Gasteiger charge is 2.06. The Kier molecular flexibility index (Phi) is 13.8. The molecular weight excluding hydrogens is 445 g/mol. The summed E-state index contributed by atoms with van der Waals surface area (Å²) in [7, 11) is 6.92. The van der Waals surface area contributed by atoms with Crippen LogP contribution in [0.4, 0.5) is 0 Å². The number of rotatable bonds is 10. The summed E-state index contributed by atoms with van der Waals surface area (Å²) in [6, 6.07) is 8.05. The zero-order valence-corrected chi connectivity index (χ0v) is 18.6. The van der Waals surface area contributed by atoms with Crippen LogP contribution in [0.15, 0.2) is 29.3 Å². The van der Waals surface area contributed by atoms with Crippen molar-refractivity contribution in [1.82, 2.24) is 10.2 Å². The van der Waals surface area contributed by atoms with E-state index in [9.17, 15) is 4.79 Å². The first kappa shape index (κ1) is 24.5. The number of hydrogen-bond donors (Lipinski definition) is 1. The molecule has 0 aliphatic carbocycles. The van der Waals surface area contributed by atoms with Gasteiger partial charge in [0.2, 0.25) is 0 Å². The van der Waals surface area contributed by atoms with Crippen molar-refractivity contribution in [2.45, 2.75) is 38.6 Å². The maximum atomic E-state index is 11.0. The van der Waals surface area contributed by atoms with Gasteiger partial charge in [0.25, 0.3) is 0 Å². The second-order valence-electron chi connectivity index (χ2n) is 5.92. The summed E-state index contributed by atoms with van der Waals surface area (Å²) >= 11 is 0. The van der Waals surface area contributed by atoms with E-state index in [2.05, 4.69) is 32.1 Å². The third-order valence-corrected chi connectivity index (χ3v) is 3.97. The monoisotopic (exact) mass is 477 g/mol. The Labute approximate surface area is 174 Å². The third kappa shape index (κ3) is 9.84. The summed E-state index contributed by atoms with van der Waals surface area (Å²) in [5, 5.41) is 3.38. The molecule has 0 unspecified atom stereocenters. The Hall–Kier alpha value is -1.51. The fourth-order valence-corrected chi connectivity index (χ4v) is 2.51. The minimum Gasteiger partial charge on any atom is -0.497 e. The molecule has 0 saturated heterocycles. The molecule has 0 aromatic heterocycles. The average molecular weight is 477 g/mol. The van der Waals surface area contributed by atoms with Crippen molar-refractivity contribution in [1.29, 1.82) is 0 Å². The van der Waals surface area contributed by atoms with E-state index in [0.29, 0.717) is 6.42 Å². The lowest BCUT2D eigenvalue weighted by Gasteiger charge is -2.22. The molecule has 0 amide bonds. The van der Waals surface area contributed by atoms with Crippen LogP contribution in [-0.4, -0.2) is 51.7 Å². The smallest absolute Gasteiger partial charge is 0.305 e. The minimum absolute atomic E-state index is 0. The van der Waals surface area contributed by atoms with Crippen LogP contribution in [0.3, 0.4) is 0 Å². The molecule has 0 spiro atoms. The van der Waals surface area contributed by atoms with E-state index < -0.39 is 0 Å². The van der Waals surface area contributed by atoms with E-state index in [0.717, 1.165) is 50.5 Å². The maximum absolute atomic E-state index is 11.0. The third-order valence-electron chi connectivity index (χ3n) is 3.97. The fourth-order valence-electron chi connectivity index (χ4n) is 2.51. The zero-order chi connectivity index (χ0) is 18.5. The predicted molar refractivity (Wildman–Crippen MR) is 116 cm³/mol. The van der Waals surface area contributed by atoms with Crippen LogP contribution in [0.1, 0.15) is 37.7 Å². The van der Waals surface area contributed by atoms with Gasteiger partial charge in [0.15, 0.2) is 5.96 Å². The number of guanidine groups is 1. The quantitative estimate of drug-likeness (QED) is 0.184.